The molecule has 0 spiro atoms. The molecule has 0 saturated carbocycles. The van der Waals surface area contributed by atoms with E-state index in [4.69, 9.17) is 5.73 Å². The zero-order valence-corrected chi connectivity index (χ0v) is 7.77. The average molecular weight is 174 g/mol. The van der Waals surface area contributed by atoms with Crippen molar-refractivity contribution >= 4 is 6.08 Å². The topological polar surface area (TPSA) is 29.3 Å². The van der Waals surface area contributed by atoms with Crippen LogP contribution < -0.4 is 5.73 Å². The fraction of sp³-hybridized carbons (Fsp3) is 0.273. The molecule has 0 saturated heterocycles. The molecule has 2 nitrogen and oxygen atoms in total. The van der Waals surface area contributed by atoms with Crippen molar-refractivity contribution in [2.24, 2.45) is 5.73 Å². The van der Waals surface area contributed by atoms with Crippen LogP contribution in [0.2, 0.25) is 0 Å². The lowest BCUT2D eigenvalue weighted by Gasteiger charge is -2.30. The van der Waals surface area contributed by atoms with Gasteiger partial charge >= 0.3 is 0 Å². The Balaban J connectivity index is 2.42. The molecular weight excluding hydrogens is 160 g/mol. The molecule has 0 aliphatic carbocycles. The maximum Gasteiger partial charge on any atom is 0.103 e. The summed E-state index contributed by atoms with van der Waals surface area (Å²) in [5, 5.41) is 0. The van der Waals surface area contributed by atoms with E-state index in [9.17, 15) is 0 Å². The highest BCUT2D eigenvalue weighted by atomic mass is 15.2. The molecular formula is C11H14N2. The van der Waals surface area contributed by atoms with Gasteiger partial charge in [0.05, 0.1) is 0 Å². The predicted molar refractivity (Wildman–Crippen MR) is 54.8 cm³/mol. The highest BCUT2D eigenvalue weighted by Crippen LogP contribution is 2.25. The van der Waals surface area contributed by atoms with E-state index in [1.807, 2.05) is 12.1 Å². The second-order valence-electron chi connectivity index (χ2n) is 3.22. The SMILES string of the molecule is CCN1C=Cc2ccccc2C1N. The molecule has 1 unspecified atom stereocenters. The van der Waals surface area contributed by atoms with Gasteiger partial charge < -0.3 is 10.6 Å². The summed E-state index contributed by atoms with van der Waals surface area (Å²) < 4.78 is 0. The summed E-state index contributed by atoms with van der Waals surface area (Å²) in [7, 11) is 0. The third-order valence-electron chi connectivity index (χ3n) is 2.48. The highest BCUT2D eigenvalue weighted by molar-refractivity contribution is 5.56. The van der Waals surface area contributed by atoms with Crippen LogP contribution >= 0.6 is 0 Å². The maximum absolute atomic E-state index is 6.08. The van der Waals surface area contributed by atoms with Crippen molar-refractivity contribution in [3.8, 4) is 0 Å². The molecule has 68 valence electrons. The molecule has 0 fully saturated rings. The molecule has 13 heavy (non-hydrogen) atoms. The van der Waals surface area contributed by atoms with Gasteiger partial charge in [-0.2, -0.15) is 0 Å². The van der Waals surface area contributed by atoms with Crippen LogP contribution in [0.4, 0.5) is 0 Å². The molecule has 1 atom stereocenters. The summed E-state index contributed by atoms with van der Waals surface area (Å²) in [6.07, 6.45) is 4.20. The van der Waals surface area contributed by atoms with Crippen LogP contribution in [0.15, 0.2) is 30.5 Å². The number of fused-ring (bicyclic) bond motifs is 1. The van der Waals surface area contributed by atoms with Gasteiger partial charge in [0.15, 0.2) is 0 Å². The molecule has 1 aromatic rings. The average Bonchev–Trinajstić information content (AvgIpc) is 2.19. The molecule has 2 rings (SSSR count). The molecule has 0 aromatic heterocycles. The summed E-state index contributed by atoms with van der Waals surface area (Å²) >= 11 is 0. The zero-order chi connectivity index (χ0) is 9.26. The van der Waals surface area contributed by atoms with Crippen LogP contribution in [0, 0.1) is 0 Å². The summed E-state index contributed by atoms with van der Waals surface area (Å²) in [5.74, 6) is 0. The lowest BCUT2D eigenvalue weighted by molar-refractivity contribution is 0.298. The Labute approximate surface area is 78.7 Å². The standard InChI is InChI=1S/C11H14N2/c1-2-13-8-7-9-5-3-4-6-10(9)11(13)12/h3-8,11H,2,12H2,1H3. The van der Waals surface area contributed by atoms with E-state index >= 15 is 0 Å². The van der Waals surface area contributed by atoms with Gasteiger partial charge in [0.1, 0.15) is 6.17 Å². The van der Waals surface area contributed by atoms with Crippen LogP contribution in [-0.4, -0.2) is 11.4 Å². The van der Waals surface area contributed by atoms with Gasteiger partial charge in [-0.05, 0) is 24.1 Å². The van der Waals surface area contributed by atoms with Crippen molar-refractivity contribution < 1.29 is 0 Å². The minimum absolute atomic E-state index is 0.0196. The fourth-order valence-corrected chi connectivity index (χ4v) is 1.68. The third kappa shape index (κ3) is 1.33. The Morgan fingerprint density at radius 1 is 1.38 bits per heavy atom. The Kier molecular flexibility index (Phi) is 2.07. The second-order valence-corrected chi connectivity index (χ2v) is 3.22. The molecule has 0 amide bonds. The van der Waals surface area contributed by atoms with Crippen LogP contribution in [0.5, 0.6) is 0 Å². The van der Waals surface area contributed by atoms with Gasteiger partial charge in [0.25, 0.3) is 0 Å². The third-order valence-corrected chi connectivity index (χ3v) is 2.48. The van der Waals surface area contributed by atoms with E-state index < -0.39 is 0 Å². The molecule has 2 N–H and O–H groups in total. The van der Waals surface area contributed by atoms with Gasteiger partial charge in [0.2, 0.25) is 0 Å². The quantitative estimate of drug-likeness (QED) is 0.705. The number of hydrogen-bond donors (Lipinski definition) is 1. The fourth-order valence-electron chi connectivity index (χ4n) is 1.68. The number of benzene rings is 1. The van der Waals surface area contributed by atoms with Crippen molar-refractivity contribution in [3.05, 3.63) is 41.6 Å². The number of rotatable bonds is 1. The molecule has 1 aliphatic rings. The highest BCUT2D eigenvalue weighted by Gasteiger charge is 2.16. The van der Waals surface area contributed by atoms with E-state index in [0.29, 0.717) is 0 Å². The second kappa shape index (κ2) is 3.23. The van der Waals surface area contributed by atoms with Crippen LogP contribution in [0.3, 0.4) is 0 Å². The number of nitrogens with zero attached hydrogens (tertiary/aromatic N) is 1. The van der Waals surface area contributed by atoms with Crippen LogP contribution in [0.25, 0.3) is 6.08 Å². The molecule has 2 heteroatoms. The van der Waals surface area contributed by atoms with Gasteiger partial charge in [0, 0.05) is 12.7 Å². The van der Waals surface area contributed by atoms with Gasteiger partial charge in [-0.15, -0.1) is 0 Å². The first-order chi connectivity index (χ1) is 6.33. The summed E-state index contributed by atoms with van der Waals surface area (Å²) in [5.41, 5.74) is 8.53. The van der Waals surface area contributed by atoms with Gasteiger partial charge in [-0.25, -0.2) is 0 Å². The number of hydrogen-bond acceptors (Lipinski definition) is 2. The normalized spacial score (nSPS) is 20.2. The van der Waals surface area contributed by atoms with Crippen LogP contribution in [-0.2, 0) is 0 Å². The molecule has 0 bridgehead atoms. The van der Waals surface area contributed by atoms with Gasteiger partial charge in [-0.3, -0.25) is 0 Å². The molecule has 1 aromatic carbocycles. The van der Waals surface area contributed by atoms with Crippen molar-refractivity contribution in [2.75, 3.05) is 6.54 Å². The molecule has 0 radical (unpaired) electrons. The lowest BCUT2D eigenvalue weighted by Crippen LogP contribution is -2.32. The van der Waals surface area contributed by atoms with E-state index in [1.165, 1.54) is 11.1 Å². The van der Waals surface area contributed by atoms with E-state index in [2.05, 4.69) is 36.2 Å². The summed E-state index contributed by atoms with van der Waals surface area (Å²) in [6.45, 7) is 3.06. The first-order valence-electron chi connectivity index (χ1n) is 4.61. The lowest BCUT2D eigenvalue weighted by atomic mass is 10.0. The van der Waals surface area contributed by atoms with Crippen LogP contribution in [0.1, 0.15) is 24.2 Å². The largest absolute Gasteiger partial charge is 0.359 e. The Hall–Kier alpha value is -1.28. The summed E-state index contributed by atoms with van der Waals surface area (Å²) in [6, 6.07) is 8.26. The zero-order valence-electron chi connectivity index (χ0n) is 7.77. The van der Waals surface area contributed by atoms with Gasteiger partial charge in [-0.1, -0.05) is 24.3 Å². The monoisotopic (exact) mass is 174 g/mol. The van der Waals surface area contributed by atoms with Crippen molar-refractivity contribution in [1.29, 1.82) is 0 Å². The predicted octanol–water partition coefficient (Wildman–Crippen LogP) is 1.95. The van der Waals surface area contributed by atoms with Crippen molar-refractivity contribution in [3.63, 3.8) is 0 Å². The Morgan fingerprint density at radius 2 is 2.15 bits per heavy atom. The smallest absolute Gasteiger partial charge is 0.103 e. The van der Waals surface area contributed by atoms with E-state index in [0.717, 1.165) is 6.54 Å². The Morgan fingerprint density at radius 3 is 2.92 bits per heavy atom. The number of nitrogens with two attached hydrogens (primary N) is 1. The first kappa shape index (κ1) is 8.32. The summed E-state index contributed by atoms with van der Waals surface area (Å²) in [4.78, 5) is 2.13. The molecule has 1 heterocycles. The first-order valence-corrected chi connectivity index (χ1v) is 4.61. The maximum atomic E-state index is 6.08. The minimum Gasteiger partial charge on any atom is -0.359 e. The van der Waals surface area contributed by atoms with E-state index in [1.54, 1.807) is 0 Å². The van der Waals surface area contributed by atoms with E-state index in [-0.39, 0.29) is 6.17 Å². The van der Waals surface area contributed by atoms with Crippen molar-refractivity contribution in [1.82, 2.24) is 4.90 Å². The molecule has 1 aliphatic heterocycles. The van der Waals surface area contributed by atoms with Crippen molar-refractivity contribution in [2.45, 2.75) is 13.1 Å². The Bertz CT molecular complexity index is 331. The minimum atomic E-state index is 0.0196.